The van der Waals surface area contributed by atoms with Crippen molar-refractivity contribution < 1.29 is 9.84 Å². The maximum absolute atomic E-state index is 11.5. The number of aromatic hydroxyl groups is 1. The van der Waals surface area contributed by atoms with Crippen LogP contribution in [0.5, 0.6) is 11.6 Å². The highest BCUT2D eigenvalue weighted by Gasteiger charge is 2.21. The zero-order valence-corrected chi connectivity index (χ0v) is 19.5. The van der Waals surface area contributed by atoms with Crippen LogP contribution in [0.15, 0.2) is 40.2 Å². The van der Waals surface area contributed by atoms with Gasteiger partial charge in [-0.15, -0.1) is 0 Å². The number of rotatable bonds is 9. The highest BCUT2D eigenvalue weighted by atomic mass is 16.5. The zero-order valence-electron chi connectivity index (χ0n) is 19.5. The normalized spacial score (nSPS) is 14.8. The first-order valence-corrected chi connectivity index (χ1v) is 11.4. The molecule has 0 unspecified atom stereocenters. The predicted molar refractivity (Wildman–Crippen MR) is 129 cm³/mol. The van der Waals surface area contributed by atoms with E-state index in [0.717, 1.165) is 30.7 Å². The zero-order chi connectivity index (χ0) is 24.4. The molecule has 1 aliphatic rings. The number of likely N-dealkylation sites (N-methyl/N-ethyl adjacent to an activating group) is 1. The molecule has 0 spiro atoms. The third kappa shape index (κ3) is 5.49. The van der Waals surface area contributed by atoms with Crippen LogP contribution >= 0.6 is 0 Å². The molecule has 0 aliphatic heterocycles. The lowest BCUT2D eigenvalue weighted by Crippen LogP contribution is -2.24. The Morgan fingerprint density at radius 1 is 1.26 bits per heavy atom. The molecule has 4 aromatic rings. The summed E-state index contributed by atoms with van der Waals surface area (Å²) in [6.45, 7) is 1.99. The molecule has 35 heavy (non-hydrogen) atoms. The average molecular weight is 478 g/mol. The Balaban J connectivity index is 1.40. The molecule has 0 radical (unpaired) electrons. The van der Waals surface area contributed by atoms with Gasteiger partial charge in [-0.1, -0.05) is 12.1 Å². The molecule has 12 heteroatoms. The fraction of sp³-hybridized carbons (Fsp3) is 0.348. The molecule has 0 atom stereocenters. The molecule has 5 rings (SSSR count). The van der Waals surface area contributed by atoms with Crippen LogP contribution in [0.2, 0.25) is 0 Å². The summed E-state index contributed by atoms with van der Waals surface area (Å²) in [5.74, 6) is 0.980. The maximum Gasteiger partial charge on any atom is 0.326 e. The average Bonchev–Trinajstić information content (AvgIpc) is 3.46. The highest BCUT2D eigenvalue weighted by Crippen LogP contribution is 2.22. The molecule has 12 nitrogen and oxygen atoms in total. The molecule has 182 valence electrons. The van der Waals surface area contributed by atoms with Gasteiger partial charge in [-0.3, -0.25) is 4.98 Å². The second-order valence-electron chi connectivity index (χ2n) is 8.68. The minimum Gasteiger partial charge on any atom is -0.493 e. The quantitative estimate of drug-likeness (QED) is 0.263. The lowest BCUT2D eigenvalue weighted by molar-refractivity contribution is 0.261. The van der Waals surface area contributed by atoms with E-state index in [1.807, 2.05) is 38.4 Å². The van der Waals surface area contributed by atoms with E-state index < -0.39 is 5.69 Å². The molecular formula is C23H27N9O3. The van der Waals surface area contributed by atoms with Gasteiger partial charge in [0.05, 0.1) is 12.2 Å². The Morgan fingerprint density at radius 3 is 2.74 bits per heavy atom. The summed E-state index contributed by atoms with van der Waals surface area (Å²) >= 11 is 0. The van der Waals surface area contributed by atoms with E-state index in [9.17, 15) is 9.90 Å². The van der Waals surface area contributed by atoms with Gasteiger partial charge in [0.2, 0.25) is 11.8 Å². The van der Waals surface area contributed by atoms with Crippen LogP contribution in [0.3, 0.4) is 0 Å². The van der Waals surface area contributed by atoms with Crippen molar-refractivity contribution in [2.45, 2.75) is 25.4 Å². The van der Waals surface area contributed by atoms with Gasteiger partial charge < -0.3 is 25.0 Å². The second kappa shape index (κ2) is 9.58. The number of aromatic amines is 2. The standard InChI is InChI=1S/C23H27N9O3/c1-31(2)9-10-35-17-7-3-14(4-8-17)12-24-21-28-19-15(11-18-20(33)29-23(34)27-18)13-25-32(19)22(30-21)26-16-5-6-16/h3-4,7-8,11,13,16,33H,5-6,9-10,12H2,1-2H3,(H,24,26,30)(H2,27,29,34)/b15-11+. The van der Waals surface area contributed by atoms with E-state index in [2.05, 4.69) is 40.2 Å². The fourth-order valence-electron chi connectivity index (χ4n) is 3.39. The van der Waals surface area contributed by atoms with Gasteiger partial charge in [0.15, 0.2) is 5.65 Å². The third-order valence-corrected chi connectivity index (χ3v) is 5.44. The molecule has 0 bridgehead atoms. The molecule has 1 fully saturated rings. The van der Waals surface area contributed by atoms with Gasteiger partial charge in [-0.25, -0.2) is 9.79 Å². The molecule has 1 aromatic carbocycles. The Bertz CT molecular complexity index is 1500. The van der Waals surface area contributed by atoms with Crippen molar-refractivity contribution in [1.29, 1.82) is 0 Å². The minimum absolute atomic E-state index is 0.239. The van der Waals surface area contributed by atoms with Crippen LogP contribution in [-0.2, 0) is 6.54 Å². The van der Waals surface area contributed by atoms with Gasteiger partial charge in [0, 0.05) is 18.3 Å². The number of nitrogens with zero attached hydrogens (tertiary/aromatic N) is 6. The molecular weight excluding hydrogens is 450 g/mol. The summed E-state index contributed by atoms with van der Waals surface area (Å²) in [6.07, 6.45) is 5.24. The number of hydrogen-bond acceptors (Lipinski definition) is 9. The van der Waals surface area contributed by atoms with Crippen LogP contribution in [0, 0.1) is 0 Å². The first-order valence-electron chi connectivity index (χ1n) is 11.4. The number of imidazole rings is 1. The number of fused-ring (bicyclic) bond motifs is 1. The number of benzene rings is 1. The van der Waals surface area contributed by atoms with Crippen LogP contribution in [-0.4, -0.2) is 72.8 Å². The molecule has 0 saturated heterocycles. The Hall–Kier alpha value is -4.19. The largest absolute Gasteiger partial charge is 0.493 e. The topological polar surface area (TPSA) is 149 Å². The number of hydrogen-bond donors (Lipinski definition) is 4. The van der Waals surface area contributed by atoms with Gasteiger partial charge in [-0.05, 0) is 50.7 Å². The monoisotopic (exact) mass is 477 g/mol. The van der Waals surface area contributed by atoms with Gasteiger partial charge in [0.1, 0.15) is 18.1 Å². The van der Waals surface area contributed by atoms with E-state index in [0.29, 0.717) is 35.6 Å². The molecule has 1 aliphatic carbocycles. The van der Waals surface area contributed by atoms with Crippen LogP contribution in [0.1, 0.15) is 24.1 Å². The van der Waals surface area contributed by atoms with E-state index in [1.165, 1.54) is 0 Å². The second-order valence-corrected chi connectivity index (χ2v) is 8.68. The Labute approximate surface area is 200 Å². The number of ether oxygens (including phenoxy) is 1. The Kier molecular flexibility index (Phi) is 6.19. The van der Waals surface area contributed by atoms with Crippen LogP contribution in [0.25, 0.3) is 11.7 Å². The SMILES string of the molecule is CN(C)CCOc1ccc(CNc2nc(=NC3CC3)n3nc/c(=C\c4[nH]c(=O)[nH]c4O)c3n2)cc1. The summed E-state index contributed by atoms with van der Waals surface area (Å²) in [4.78, 5) is 32.3. The van der Waals surface area contributed by atoms with Crippen molar-refractivity contribution in [2.24, 2.45) is 4.99 Å². The third-order valence-electron chi connectivity index (χ3n) is 5.44. The summed E-state index contributed by atoms with van der Waals surface area (Å²) < 4.78 is 7.32. The van der Waals surface area contributed by atoms with Gasteiger partial charge in [-0.2, -0.15) is 19.6 Å². The van der Waals surface area contributed by atoms with Crippen molar-refractivity contribution in [3.63, 3.8) is 0 Å². The van der Waals surface area contributed by atoms with E-state index >= 15 is 0 Å². The van der Waals surface area contributed by atoms with E-state index in [-0.39, 0.29) is 17.6 Å². The molecule has 3 aromatic heterocycles. The smallest absolute Gasteiger partial charge is 0.326 e. The number of anilines is 1. The Morgan fingerprint density at radius 2 is 2.06 bits per heavy atom. The summed E-state index contributed by atoms with van der Waals surface area (Å²) in [6, 6.07) is 8.12. The minimum atomic E-state index is -0.499. The number of H-pyrrole nitrogens is 2. The van der Waals surface area contributed by atoms with Crippen molar-refractivity contribution >= 4 is 17.7 Å². The van der Waals surface area contributed by atoms with Crippen molar-refractivity contribution in [3.05, 3.63) is 63.0 Å². The van der Waals surface area contributed by atoms with Crippen LogP contribution in [0.4, 0.5) is 5.95 Å². The molecule has 1 saturated carbocycles. The lowest BCUT2D eigenvalue weighted by atomic mass is 10.2. The fourth-order valence-corrected chi connectivity index (χ4v) is 3.39. The molecule has 3 heterocycles. The van der Waals surface area contributed by atoms with Crippen molar-refractivity contribution in [2.75, 3.05) is 32.6 Å². The number of aromatic nitrogens is 6. The summed E-state index contributed by atoms with van der Waals surface area (Å²) in [5, 5.41) is 18.2. The molecule has 4 N–H and O–H groups in total. The highest BCUT2D eigenvalue weighted by molar-refractivity contribution is 5.57. The van der Waals surface area contributed by atoms with E-state index in [1.54, 1.807) is 16.8 Å². The maximum atomic E-state index is 11.5. The van der Waals surface area contributed by atoms with Gasteiger partial charge >= 0.3 is 5.69 Å². The first-order chi connectivity index (χ1) is 16.9. The van der Waals surface area contributed by atoms with Crippen LogP contribution < -0.4 is 26.6 Å². The number of nitrogens with one attached hydrogen (secondary N) is 3. The van der Waals surface area contributed by atoms with Crippen molar-refractivity contribution in [3.8, 4) is 11.6 Å². The van der Waals surface area contributed by atoms with Crippen molar-refractivity contribution in [1.82, 2.24) is 34.4 Å². The first kappa shape index (κ1) is 22.6. The van der Waals surface area contributed by atoms with E-state index in [4.69, 9.17) is 4.74 Å². The van der Waals surface area contributed by atoms with Gasteiger partial charge in [0.25, 0.3) is 5.62 Å². The predicted octanol–water partition coefficient (Wildman–Crippen LogP) is 0.00960. The lowest BCUT2D eigenvalue weighted by Gasteiger charge is -2.11. The summed E-state index contributed by atoms with van der Waals surface area (Å²) in [7, 11) is 4.02. The summed E-state index contributed by atoms with van der Waals surface area (Å²) in [5.41, 5.74) is 1.75. The molecule has 0 amide bonds.